The highest BCUT2D eigenvalue weighted by atomic mass is 16.5. The first-order valence-corrected chi connectivity index (χ1v) is 10.2. The van der Waals surface area contributed by atoms with E-state index < -0.39 is 5.41 Å². The number of benzene rings is 2. The van der Waals surface area contributed by atoms with Gasteiger partial charge < -0.3 is 15.4 Å². The van der Waals surface area contributed by atoms with Crippen molar-refractivity contribution in [2.75, 3.05) is 19.5 Å². The SMILES string of the molecule is CNC(=O)c1cccc(-c2nc(NC(=O)C3(c4ccc(OC)cc4)CC3)ccc2C)c1.[HH].[HH]. The van der Waals surface area contributed by atoms with Crippen molar-refractivity contribution in [2.45, 2.75) is 25.2 Å². The highest BCUT2D eigenvalue weighted by Gasteiger charge is 2.51. The number of methoxy groups -OCH3 is 1. The molecule has 0 radical (unpaired) electrons. The van der Waals surface area contributed by atoms with Gasteiger partial charge in [-0.1, -0.05) is 30.3 Å². The van der Waals surface area contributed by atoms with Crippen LogP contribution >= 0.6 is 0 Å². The van der Waals surface area contributed by atoms with Gasteiger partial charge in [0, 0.05) is 21.0 Å². The molecule has 0 spiro atoms. The summed E-state index contributed by atoms with van der Waals surface area (Å²) >= 11 is 0. The van der Waals surface area contributed by atoms with Crippen LogP contribution < -0.4 is 15.4 Å². The average molecular weight is 420 g/mol. The number of nitrogens with one attached hydrogen (secondary N) is 2. The lowest BCUT2D eigenvalue weighted by molar-refractivity contribution is -0.118. The summed E-state index contributed by atoms with van der Waals surface area (Å²) in [5.74, 6) is 1.05. The summed E-state index contributed by atoms with van der Waals surface area (Å²) in [7, 11) is 3.23. The fraction of sp³-hybridized carbons (Fsp3) is 0.240. The number of amides is 2. The predicted molar refractivity (Wildman–Crippen MR) is 125 cm³/mol. The summed E-state index contributed by atoms with van der Waals surface area (Å²) in [5, 5.41) is 5.63. The van der Waals surface area contributed by atoms with Gasteiger partial charge in [0.05, 0.1) is 18.2 Å². The van der Waals surface area contributed by atoms with Gasteiger partial charge in [-0.25, -0.2) is 4.98 Å². The molecule has 3 aromatic rings. The molecule has 6 nitrogen and oxygen atoms in total. The quantitative estimate of drug-likeness (QED) is 0.612. The zero-order valence-corrected chi connectivity index (χ0v) is 17.9. The minimum absolute atomic E-state index is 0. The van der Waals surface area contributed by atoms with Crippen LogP contribution in [0.2, 0.25) is 0 Å². The average Bonchev–Trinajstić information content (AvgIpc) is 3.62. The van der Waals surface area contributed by atoms with Gasteiger partial charge in [-0.2, -0.15) is 0 Å². The summed E-state index contributed by atoms with van der Waals surface area (Å²) in [4.78, 5) is 29.8. The molecule has 1 fully saturated rings. The van der Waals surface area contributed by atoms with Crippen LogP contribution in [0.1, 0.15) is 37.2 Å². The Morgan fingerprint density at radius 2 is 1.81 bits per heavy atom. The third-order valence-corrected chi connectivity index (χ3v) is 5.79. The van der Waals surface area contributed by atoms with Gasteiger partial charge in [-0.3, -0.25) is 9.59 Å². The summed E-state index contributed by atoms with van der Waals surface area (Å²) in [6.45, 7) is 1.96. The van der Waals surface area contributed by atoms with Crippen molar-refractivity contribution in [3.63, 3.8) is 0 Å². The molecular weight excluding hydrogens is 390 g/mol. The van der Waals surface area contributed by atoms with Gasteiger partial charge in [-0.05, 0) is 61.2 Å². The summed E-state index contributed by atoms with van der Waals surface area (Å²) in [5.41, 5.74) is 3.55. The number of hydrogen-bond donors (Lipinski definition) is 2. The molecule has 162 valence electrons. The van der Waals surface area contributed by atoms with Crippen LogP contribution in [0.3, 0.4) is 0 Å². The van der Waals surface area contributed by atoms with E-state index >= 15 is 0 Å². The summed E-state index contributed by atoms with van der Waals surface area (Å²) in [6.07, 6.45) is 1.61. The Balaban J connectivity index is 0.00000193. The van der Waals surface area contributed by atoms with Crippen LogP contribution in [0, 0.1) is 6.92 Å². The van der Waals surface area contributed by atoms with E-state index in [1.165, 1.54) is 0 Å². The Kier molecular flexibility index (Phi) is 5.46. The number of ether oxygens (including phenoxy) is 1. The minimum Gasteiger partial charge on any atom is -0.497 e. The number of aromatic nitrogens is 1. The highest BCUT2D eigenvalue weighted by Crippen LogP contribution is 2.49. The monoisotopic (exact) mass is 419 g/mol. The molecule has 0 aliphatic heterocycles. The van der Waals surface area contributed by atoms with Crippen molar-refractivity contribution in [3.05, 3.63) is 77.4 Å². The molecule has 0 unspecified atom stereocenters. The van der Waals surface area contributed by atoms with E-state index in [0.29, 0.717) is 11.4 Å². The molecule has 0 saturated heterocycles. The van der Waals surface area contributed by atoms with Crippen LogP contribution in [0.5, 0.6) is 5.75 Å². The fourth-order valence-electron chi connectivity index (χ4n) is 3.76. The molecule has 1 aromatic heterocycles. The van der Waals surface area contributed by atoms with Gasteiger partial charge >= 0.3 is 0 Å². The number of aryl methyl sites for hydroxylation is 1. The lowest BCUT2D eigenvalue weighted by atomic mass is 9.95. The number of pyridine rings is 1. The number of rotatable bonds is 6. The zero-order chi connectivity index (χ0) is 22.0. The maximum atomic E-state index is 13.1. The smallest absolute Gasteiger partial charge is 0.251 e. The number of carbonyl (C=O) groups is 2. The van der Waals surface area contributed by atoms with Crippen LogP contribution in [0.25, 0.3) is 11.3 Å². The lowest BCUT2D eigenvalue weighted by Gasteiger charge is -2.17. The molecule has 2 N–H and O–H groups in total. The largest absolute Gasteiger partial charge is 0.497 e. The number of carbonyl (C=O) groups excluding carboxylic acids is 2. The molecule has 0 atom stereocenters. The predicted octanol–water partition coefficient (Wildman–Crippen LogP) is 4.59. The molecule has 4 rings (SSSR count). The Bertz CT molecular complexity index is 1150. The van der Waals surface area contributed by atoms with Gasteiger partial charge in [0.25, 0.3) is 5.91 Å². The molecule has 6 heteroatoms. The normalized spacial score (nSPS) is 13.9. The van der Waals surface area contributed by atoms with Crippen LogP contribution in [-0.4, -0.2) is 31.0 Å². The van der Waals surface area contributed by atoms with E-state index in [1.807, 2.05) is 55.5 Å². The maximum absolute atomic E-state index is 13.1. The Morgan fingerprint density at radius 3 is 2.45 bits per heavy atom. The van der Waals surface area contributed by atoms with Gasteiger partial charge in [-0.15, -0.1) is 0 Å². The van der Waals surface area contributed by atoms with E-state index in [1.54, 1.807) is 26.3 Å². The van der Waals surface area contributed by atoms with E-state index in [4.69, 9.17) is 4.74 Å². The molecule has 2 amide bonds. The first-order valence-electron chi connectivity index (χ1n) is 10.2. The standard InChI is InChI=1S/C25H25N3O3.2H2/c1-16-7-12-21(27-22(16)17-5-4-6-18(15-17)23(29)26-2)28-24(30)25(13-14-25)19-8-10-20(31-3)11-9-19;;/h4-12,15H,13-14H2,1-3H3,(H,26,29)(H,27,28,30);2*1H. The van der Waals surface area contributed by atoms with Crippen molar-refractivity contribution in [3.8, 4) is 17.0 Å². The van der Waals surface area contributed by atoms with E-state index in [9.17, 15) is 9.59 Å². The first kappa shape index (κ1) is 20.6. The second kappa shape index (κ2) is 8.22. The maximum Gasteiger partial charge on any atom is 0.251 e. The molecule has 1 aliphatic rings. The Labute approximate surface area is 184 Å². The zero-order valence-electron chi connectivity index (χ0n) is 17.9. The van der Waals surface area contributed by atoms with E-state index in [0.717, 1.165) is 41.0 Å². The topological polar surface area (TPSA) is 80.3 Å². The molecule has 1 heterocycles. The molecule has 2 aromatic carbocycles. The Hall–Kier alpha value is -3.67. The molecule has 31 heavy (non-hydrogen) atoms. The third-order valence-electron chi connectivity index (χ3n) is 5.79. The van der Waals surface area contributed by atoms with E-state index in [-0.39, 0.29) is 14.7 Å². The number of nitrogens with zero attached hydrogens (tertiary/aromatic N) is 1. The first-order chi connectivity index (χ1) is 15.0. The summed E-state index contributed by atoms with van der Waals surface area (Å²) < 4.78 is 5.22. The Morgan fingerprint density at radius 1 is 1.06 bits per heavy atom. The minimum atomic E-state index is -0.516. The van der Waals surface area contributed by atoms with Gasteiger partial charge in [0.15, 0.2) is 0 Å². The van der Waals surface area contributed by atoms with Gasteiger partial charge in [0.1, 0.15) is 11.6 Å². The second-order valence-corrected chi connectivity index (χ2v) is 7.79. The van der Waals surface area contributed by atoms with Crippen molar-refractivity contribution in [1.82, 2.24) is 10.3 Å². The van der Waals surface area contributed by atoms with Crippen molar-refractivity contribution in [1.29, 1.82) is 0 Å². The van der Waals surface area contributed by atoms with Crippen LogP contribution in [0.15, 0.2) is 60.7 Å². The summed E-state index contributed by atoms with van der Waals surface area (Å²) in [6, 6.07) is 18.7. The van der Waals surface area contributed by atoms with Crippen LogP contribution in [0.4, 0.5) is 5.82 Å². The lowest BCUT2D eigenvalue weighted by Crippen LogP contribution is -2.28. The van der Waals surface area contributed by atoms with E-state index in [2.05, 4.69) is 15.6 Å². The fourth-order valence-corrected chi connectivity index (χ4v) is 3.76. The van der Waals surface area contributed by atoms with Crippen molar-refractivity contribution < 1.29 is 17.2 Å². The third kappa shape index (κ3) is 4.01. The molecular formula is C25H29N3O3. The molecule has 0 bridgehead atoms. The van der Waals surface area contributed by atoms with Crippen LogP contribution in [-0.2, 0) is 10.2 Å². The number of anilines is 1. The number of hydrogen-bond acceptors (Lipinski definition) is 4. The van der Waals surface area contributed by atoms with Gasteiger partial charge in [0.2, 0.25) is 5.91 Å². The highest BCUT2D eigenvalue weighted by molar-refractivity contribution is 6.01. The molecule has 1 aliphatic carbocycles. The van der Waals surface area contributed by atoms with Crippen molar-refractivity contribution >= 4 is 17.6 Å². The van der Waals surface area contributed by atoms with Crippen molar-refractivity contribution in [2.24, 2.45) is 0 Å². The second-order valence-electron chi connectivity index (χ2n) is 7.79. The molecule has 1 saturated carbocycles.